The number of carbonyl (C=O) groups excluding carboxylic acids is 1. The number of carbonyl (C=O) groups is 1. The molecule has 0 fully saturated rings. The van der Waals surface area contributed by atoms with Crippen LogP contribution < -0.4 is 0 Å². The zero-order valence-corrected chi connectivity index (χ0v) is 11.9. The Balaban J connectivity index is 2.49. The monoisotopic (exact) mass is 296 g/mol. The Morgan fingerprint density at radius 2 is 1.63 bits per heavy atom. The standard InChI is InChI=1S/C15H11Cl2FO/c1-8-5-11(12(16)6-9(8)2)15(19)10-3-4-14(18)13(17)7-10/h3-7H,1-2H3. The molecule has 2 aromatic carbocycles. The minimum atomic E-state index is -0.551. The highest BCUT2D eigenvalue weighted by Gasteiger charge is 2.15. The van der Waals surface area contributed by atoms with E-state index in [1.165, 1.54) is 18.2 Å². The van der Waals surface area contributed by atoms with E-state index in [-0.39, 0.29) is 10.8 Å². The normalized spacial score (nSPS) is 10.6. The molecular weight excluding hydrogens is 286 g/mol. The van der Waals surface area contributed by atoms with Crippen LogP contribution in [0.5, 0.6) is 0 Å². The van der Waals surface area contributed by atoms with E-state index in [9.17, 15) is 9.18 Å². The first-order valence-electron chi connectivity index (χ1n) is 5.66. The van der Waals surface area contributed by atoms with Crippen LogP contribution in [0, 0.1) is 19.7 Å². The Morgan fingerprint density at radius 3 is 2.26 bits per heavy atom. The smallest absolute Gasteiger partial charge is 0.194 e. The number of ketones is 1. The van der Waals surface area contributed by atoms with Crippen molar-refractivity contribution in [3.63, 3.8) is 0 Å². The van der Waals surface area contributed by atoms with E-state index in [4.69, 9.17) is 23.2 Å². The summed E-state index contributed by atoms with van der Waals surface area (Å²) in [6.07, 6.45) is 0. The van der Waals surface area contributed by atoms with Crippen molar-refractivity contribution in [2.24, 2.45) is 0 Å². The van der Waals surface area contributed by atoms with E-state index in [1.54, 1.807) is 12.1 Å². The molecule has 1 nitrogen and oxygen atoms in total. The van der Waals surface area contributed by atoms with E-state index in [0.29, 0.717) is 16.1 Å². The van der Waals surface area contributed by atoms with Gasteiger partial charge in [0.1, 0.15) is 5.82 Å². The van der Waals surface area contributed by atoms with Crippen molar-refractivity contribution < 1.29 is 9.18 Å². The van der Waals surface area contributed by atoms with Gasteiger partial charge in [-0.2, -0.15) is 0 Å². The SMILES string of the molecule is Cc1cc(Cl)c(C(=O)c2ccc(F)c(Cl)c2)cc1C. The molecule has 4 heteroatoms. The molecule has 2 aromatic rings. The molecule has 0 saturated heterocycles. The largest absolute Gasteiger partial charge is 0.289 e. The maximum Gasteiger partial charge on any atom is 0.194 e. The van der Waals surface area contributed by atoms with Crippen LogP contribution in [0.4, 0.5) is 4.39 Å². The Labute approximate surface area is 121 Å². The Bertz CT molecular complexity index is 665. The lowest BCUT2D eigenvalue weighted by Crippen LogP contribution is -2.04. The molecule has 0 saturated carbocycles. The molecule has 0 heterocycles. The summed E-state index contributed by atoms with van der Waals surface area (Å²) in [5.74, 6) is -0.820. The Hall–Kier alpha value is -1.38. The third-order valence-corrected chi connectivity index (χ3v) is 3.61. The molecule has 0 spiro atoms. The summed E-state index contributed by atoms with van der Waals surface area (Å²) in [4.78, 5) is 12.3. The zero-order chi connectivity index (χ0) is 14.2. The molecule has 0 amide bonds. The van der Waals surface area contributed by atoms with Gasteiger partial charge in [0.2, 0.25) is 0 Å². The van der Waals surface area contributed by atoms with E-state index >= 15 is 0 Å². The average Bonchev–Trinajstić information content (AvgIpc) is 2.36. The molecule has 0 aliphatic carbocycles. The maximum absolute atomic E-state index is 13.1. The van der Waals surface area contributed by atoms with E-state index in [0.717, 1.165) is 11.1 Å². The molecule has 0 aliphatic rings. The Morgan fingerprint density at radius 1 is 1.00 bits per heavy atom. The van der Waals surface area contributed by atoms with Gasteiger partial charge in [0.05, 0.1) is 10.0 Å². The first kappa shape index (κ1) is 14.0. The van der Waals surface area contributed by atoms with Gasteiger partial charge in [0.25, 0.3) is 0 Å². The highest BCUT2D eigenvalue weighted by molar-refractivity contribution is 6.35. The van der Waals surface area contributed by atoms with Crippen molar-refractivity contribution in [1.82, 2.24) is 0 Å². The maximum atomic E-state index is 13.1. The lowest BCUT2D eigenvalue weighted by Gasteiger charge is -2.08. The van der Waals surface area contributed by atoms with Gasteiger partial charge < -0.3 is 0 Å². The van der Waals surface area contributed by atoms with E-state index < -0.39 is 5.82 Å². The van der Waals surface area contributed by atoms with Crippen LogP contribution >= 0.6 is 23.2 Å². The molecular formula is C15H11Cl2FO. The quantitative estimate of drug-likeness (QED) is 0.714. The number of rotatable bonds is 2. The van der Waals surface area contributed by atoms with Crippen LogP contribution in [0.2, 0.25) is 10.0 Å². The molecule has 0 atom stereocenters. The summed E-state index contributed by atoms with van der Waals surface area (Å²) in [7, 11) is 0. The zero-order valence-electron chi connectivity index (χ0n) is 10.4. The topological polar surface area (TPSA) is 17.1 Å². The summed E-state index contributed by atoms with van der Waals surface area (Å²) >= 11 is 11.8. The van der Waals surface area contributed by atoms with Gasteiger partial charge in [-0.1, -0.05) is 23.2 Å². The van der Waals surface area contributed by atoms with Gasteiger partial charge in [-0.25, -0.2) is 4.39 Å². The van der Waals surface area contributed by atoms with Gasteiger partial charge in [0.15, 0.2) is 5.78 Å². The van der Waals surface area contributed by atoms with Crippen LogP contribution in [-0.4, -0.2) is 5.78 Å². The Kier molecular flexibility index (Phi) is 3.93. The van der Waals surface area contributed by atoms with Gasteiger partial charge in [-0.05, 0) is 55.3 Å². The van der Waals surface area contributed by atoms with Crippen molar-refractivity contribution in [3.8, 4) is 0 Å². The van der Waals surface area contributed by atoms with E-state index in [2.05, 4.69) is 0 Å². The molecule has 0 aromatic heterocycles. The predicted octanol–water partition coefficient (Wildman–Crippen LogP) is 4.98. The summed E-state index contributed by atoms with van der Waals surface area (Å²) in [5.41, 5.74) is 2.70. The van der Waals surface area contributed by atoms with Gasteiger partial charge in [-0.15, -0.1) is 0 Å². The van der Waals surface area contributed by atoms with Crippen molar-refractivity contribution >= 4 is 29.0 Å². The highest BCUT2D eigenvalue weighted by Crippen LogP contribution is 2.25. The van der Waals surface area contributed by atoms with Crippen LogP contribution in [0.3, 0.4) is 0 Å². The second-order valence-electron chi connectivity index (χ2n) is 4.37. The average molecular weight is 297 g/mol. The number of hydrogen-bond donors (Lipinski definition) is 0. The molecule has 0 radical (unpaired) electrons. The van der Waals surface area contributed by atoms with Crippen molar-refractivity contribution in [2.45, 2.75) is 13.8 Å². The fraction of sp³-hybridized carbons (Fsp3) is 0.133. The van der Waals surface area contributed by atoms with Crippen molar-refractivity contribution in [2.75, 3.05) is 0 Å². The first-order valence-corrected chi connectivity index (χ1v) is 6.42. The van der Waals surface area contributed by atoms with Crippen molar-refractivity contribution in [1.29, 1.82) is 0 Å². The summed E-state index contributed by atoms with van der Waals surface area (Å²) < 4.78 is 13.1. The third kappa shape index (κ3) is 2.80. The summed E-state index contributed by atoms with van der Waals surface area (Å²) in [5, 5.41) is 0.305. The minimum absolute atomic E-state index is 0.0780. The molecule has 0 bridgehead atoms. The summed E-state index contributed by atoms with van der Waals surface area (Å²) in [6.45, 7) is 3.82. The van der Waals surface area contributed by atoms with Gasteiger partial charge in [-0.3, -0.25) is 4.79 Å². The lowest BCUT2D eigenvalue weighted by atomic mass is 9.99. The molecule has 0 N–H and O–H groups in total. The molecule has 0 aliphatic heterocycles. The fourth-order valence-electron chi connectivity index (χ4n) is 1.75. The fourth-order valence-corrected chi connectivity index (χ4v) is 2.23. The van der Waals surface area contributed by atoms with Crippen LogP contribution in [0.25, 0.3) is 0 Å². The number of benzene rings is 2. The lowest BCUT2D eigenvalue weighted by molar-refractivity contribution is 0.103. The number of halogens is 3. The third-order valence-electron chi connectivity index (χ3n) is 3.01. The van der Waals surface area contributed by atoms with E-state index in [1.807, 2.05) is 13.8 Å². The van der Waals surface area contributed by atoms with Crippen molar-refractivity contribution in [3.05, 3.63) is 68.4 Å². The number of aryl methyl sites for hydroxylation is 2. The van der Waals surface area contributed by atoms with Crippen LogP contribution in [0.15, 0.2) is 30.3 Å². The molecule has 0 unspecified atom stereocenters. The molecule has 2 rings (SSSR count). The first-order chi connectivity index (χ1) is 8.90. The predicted molar refractivity (Wildman–Crippen MR) is 75.8 cm³/mol. The van der Waals surface area contributed by atoms with Gasteiger partial charge >= 0.3 is 0 Å². The highest BCUT2D eigenvalue weighted by atomic mass is 35.5. The van der Waals surface area contributed by atoms with Crippen LogP contribution in [-0.2, 0) is 0 Å². The summed E-state index contributed by atoms with van der Waals surface area (Å²) in [6, 6.07) is 7.36. The van der Waals surface area contributed by atoms with Gasteiger partial charge in [0, 0.05) is 11.1 Å². The second kappa shape index (κ2) is 5.32. The van der Waals surface area contributed by atoms with Crippen LogP contribution in [0.1, 0.15) is 27.0 Å². The number of hydrogen-bond acceptors (Lipinski definition) is 1. The second-order valence-corrected chi connectivity index (χ2v) is 5.19. The minimum Gasteiger partial charge on any atom is -0.289 e. The molecule has 19 heavy (non-hydrogen) atoms. The molecule has 98 valence electrons.